The Morgan fingerprint density at radius 3 is 2.65 bits per heavy atom. The summed E-state index contributed by atoms with van der Waals surface area (Å²) in [4.78, 5) is 23.3. The zero-order valence-electron chi connectivity index (χ0n) is 13.5. The van der Waals surface area contributed by atoms with Gasteiger partial charge in [0.1, 0.15) is 5.75 Å². The first kappa shape index (κ1) is 18.2. The lowest BCUT2D eigenvalue weighted by Crippen LogP contribution is -2.12. The highest BCUT2D eigenvalue weighted by Crippen LogP contribution is 2.22. The zero-order chi connectivity index (χ0) is 18.5. The predicted molar refractivity (Wildman–Crippen MR) is 100 cm³/mol. The van der Waals surface area contributed by atoms with E-state index in [1.165, 1.54) is 12.1 Å². The normalized spacial score (nSPS) is 10.5. The minimum Gasteiger partial charge on any atom is -0.485 e. The molecule has 7 heteroatoms. The highest BCUT2D eigenvalue weighted by atomic mass is 35.5. The van der Waals surface area contributed by atoms with Crippen LogP contribution < -0.4 is 10.3 Å². The van der Waals surface area contributed by atoms with Gasteiger partial charge in [0, 0.05) is 23.1 Å². The van der Waals surface area contributed by atoms with Crippen LogP contribution in [0.25, 0.3) is 0 Å². The molecule has 0 saturated carbocycles. The number of aromatic amines is 1. The summed E-state index contributed by atoms with van der Waals surface area (Å²) >= 11 is 11.9. The van der Waals surface area contributed by atoms with Crippen molar-refractivity contribution in [1.82, 2.24) is 10.2 Å². The highest BCUT2D eigenvalue weighted by molar-refractivity contribution is 6.36. The Bertz CT molecular complexity index is 982. The highest BCUT2D eigenvalue weighted by Gasteiger charge is 2.12. The molecule has 5 nitrogen and oxygen atoms in total. The third-order valence-electron chi connectivity index (χ3n) is 3.62. The SMILES string of the molecule is O=C(COc1cccc(Cc2ccc(=O)[nH]n2)c1)c1ccc(Cl)cc1Cl. The van der Waals surface area contributed by atoms with Gasteiger partial charge in [-0.1, -0.05) is 35.3 Å². The number of nitrogens with zero attached hydrogens (tertiary/aromatic N) is 1. The average Bonchev–Trinajstić information content (AvgIpc) is 2.62. The molecule has 0 saturated heterocycles. The number of ether oxygens (including phenoxy) is 1. The number of carbonyl (C=O) groups excluding carboxylic acids is 1. The Morgan fingerprint density at radius 1 is 1.08 bits per heavy atom. The smallest absolute Gasteiger partial charge is 0.264 e. The lowest BCUT2D eigenvalue weighted by molar-refractivity contribution is 0.0921. The van der Waals surface area contributed by atoms with Crippen LogP contribution >= 0.6 is 23.2 Å². The molecule has 0 aliphatic carbocycles. The fourth-order valence-electron chi connectivity index (χ4n) is 2.37. The molecule has 0 atom stereocenters. The molecule has 1 N–H and O–H groups in total. The van der Waals surface area contributed by atoms with Crippen LogP contribution in [-0.2, 0) is 6.42 Å². The third-order valence-corrected chi connectivity index (χ3v) is 4.17. The summed E-state index contributed by atoms with van der Waals surface area (Å²) in [5.41, 5.74) is 1.79. The molecule has 0 radical (unpaired) electrons. The van der Waals surface area contributed by atoms with Crippen LogP contribution in [0.2, 0.25) is 10.0 Å². The third kappa shape index (κ3) is 4.71. The number of Topliss-reactive ketones (excluding diaryl/α,β-unsaturated/α-hetero) is 1. The molecule has 0 amide bonds. The minimum atomic E-state index is -0.245. The standard InChI is InChI=1S/C19H14Cl2N2O3/c20-13-4-6-16(17(21)10-13)18(24)11-26-15-3-1-2-12(9-15)8-14-5-7-19(25)23-22-14/h1-7,9-10H,8,11H2,(H,23,25). The second-order valence-electron chi connectivity index (χ2n) is 5.57. The van der Waals surface area contributed by atoms with Crippen LogP contribution in [0.4, 0.5) is 0 Å². The summed E-state index contributed by atoms with van der Waals surface area (Å²) in [6, 6.07) is 15.1. The van der Waals surface area contributed by atoms with Gasteiger partial charge in [0.25, 0.3) is 5.56 Å². The summed E-state index contributed by atoms with van der Waals surface area (Å²) < 4.78 is 5.59. The molecule has 3 aromatic rings. The van der Waals surface area contributed by atoms with Gasteiger partial charge in [0.2, 0.25) is 5.78 Å². The number of halogens is 2. The van der Waals surface area contributed by atoms with Gasteiger partial charge in [0.05, 0.1) is 10.7 Å². The first-order valence-corrected chi connectivity index (χ1v) is 8.51. The number of aromatic nitrogens is 2. The number of nitrogens with one attached hydrogen (secondary N) is 1. The number of rotatable bonds is 6. The Morgan fingerprint density at radius 2 is 1.92 bits per heavy atom. The van der Waals surface area contributed by atoms with Gasteiger partial charge >= 0.3 is 0 Å². The first-order chi connectivity index (χ1) is 12.5. The van der Waals surface area contributed by atoms with Crippen molar-refractivity contribution >= 4 is 29.0 Å². The van der Waals surface area contributed by atoms with E-state index in [4.69, 9.17) is 27.9 Å². The maximum Gasteiger partial charge on any atom is 0.264 e. The van der Waals surface area contributed by atoms with Crippen molar-refractivity contribution in [3.05, 3.63) is 91.8 Å². The van der Waals surface area contributed by atoms with Crippen LogP contribution in [0.1, 0.15) is 21.6 Å². The monoisotopic (exact) mass is 388 g/mol. The molecular weight excluding hydrogens is 375 g/mol. The summed E-state index contributed by atoms with van der Waals surface area (Å²) in [5.74, 6) is 0.324. The number of hydrogen-bond acceptors (Lipinski definition) is 4. The molecule has 1 heterocycles. The van der Waals surface area contributed by atoms with E-state index < -0.39 is 0 Å². The summed E-state index contributed by atoms with van der Waals surface area (Å²) in [6.45, 7) is -0.137. The van der Waals surface area contributed by atoms with Crippen molar-refractivity contribution in [2.75, 3.05) is 6.61 Å². The molecular formula is C19H14Cl2N2O3. The molecule has 0 aliphatic rings. The molecule has 0 fully saturated rings. The fourth-order valence-corrected chi connectivity index (χ4v) is 2.88. The van der Waals surface area contributed by atoms with E-state index in [0.717, 1.165) is 11.3 Å². The minimum absolute atomic E-state index is 0.137. The maximum absolute atomic E-state index is 12.3. The van der Waals surface area contributed by atoms with E-state index in [2.05, 4.69) is 10.2 Å². The molecule has 0 unspecified atom stereocenters. The van der Waals surface area contributed by atoms with Gasteiger partial charge in [-0.15, -0.1) is 0 Å². The topological polar surface area (TPSA) is 72.1 Å². The van der Waals surface area contributed by atoms with Crippen molar-refractivity contribution in [1.29, 1.82) is 0 Å². The summed E-state index contributed by atoms with van der Waals surface area (Å²) in [5, 5.41) is 7.14. The molecule has 0 spiro atoms. The van der Waals surface area contributed by atoms with E-state index >= 15 is 0 Å². The van der Waals surface area contributed by atoms with Gasteiger partial charge in [-0.2, -0.15) is 5.10 Å². The van der Waals surface area contributed by atoms with E-state index in [0.29, 0.717) is 27.8 Å². The maximum atomic E-state index is 12.3. The largest absolute Gasteiger partial charge is 0.485 e. The van der Waals surface area contributed by atoms with Crippen LogP contribution in [0, 0.1) is 0 Å². The molecule has 3 rings (SSSR count). The zero-order valence-corrected chi connectivity index (χ0v) is 15.1. The molecule has 0 bridgehead atoms. The van der Waals surface area contributed by atoms with Gasteiger partial charge in [0.15, 0.2) is 6.61 Å². The molecule has 1 aromatic heterocycles. The summed E-state index contributed by atoms with van der Waals surface area (Å²) in [6.07, 6.45) is 0.533. The lowest BCUT2D eigenvalue weighted by Gasteiger charge is -2.08. The van der Waals surface area contributed by atoms with Crippen molar-refractivity contribution in [3.63, 3.8) is 0 Å². The van der Waals surface area contributed by atoms with E-state index in [1.54, 1.807) is 24.3 Å². The lowest BCUT2D eigenvalue weighted by atomic mass is 10.1. The van der Waals surface area contributed by atoms with Gasteiger partial charge in [-0.25, -0.2) is 5.10 Å². The second-order valence-corrected chi connectivity index (χ2v) is 6.42. The summed E-state index contributed by atoms with van der Waals surface area (Å²) in [7, 11) is 0. The Labute approximate surface area is 159 Å². The Hall–Kier alpha value is -2.63. The van der Waals surface area contributed by atoms with Crippen molar-refractivity contribution in [3.8, 4) is 5.75 Å². The quantitative estimate of drug-likeness (QED) is 0.649. The van der Waals surface area contributed by atoms with Crippen LogP contribution in [0.3, 0.4) is 0 Å². The van der Waals surface area contributed by atoms with Gasteiger partial charge in [-0.3, -0.25) is 9.59 Å². The number of H-pyrrole nitrogens is 1. The van der Waals surface area contributed by atoms with Gasteiger partial charge in [-0.05, 0) is 42.0 Å². The van der Waals surface area contributed by atoms with Crippen molar-refractivity contribution in [2.24, 2.45) is 0 Å². The molecule has 132 valence electrons. The van der Waals surface area contributed by atoms with E-state index in [1.807, 2.05) is 18.2 Å². The predicted octanol–water partition coefficient (Wildman–Crippen LogP) is 3.93. The van der Waals surface area contributed by atoms with Crippen molar-refractivity contribution < 1.29 is 9.53 Å². The second kappa shape index (κ2) is 8.17. The Balaban J connectivity index is 1.66. The van der Waals surface area contributed by atoms with E-state index in [9.17, 15) is 9.59 Å². The molecule has 26 heavy (non-hydrogen) atoms. The molecule has 0 aliphatic heterocycles. The first-order valence-electron chi connectivity index (χ1n) is 7.76. The number of hydrogen-bond donors (Lipinski definition) is 1. The van der Waals surface area contributed by atoms with Crippen LogP contribution in [0.5, 0.6) is 5.75 Å². The van der Waals surface area contributed by atoms with E-state index in [-0.39, 0.29) is 17.9 Å². The van der Waals surface area contributed by atoms with Crippen molar-refractivity contribution in [2.45, 2.75) is 6.42 Å². The number of benzene rings is 2. The number of carbonyl (C=O) groups is 1. The fraction of sp³-hybridized carbons (Fsp3) is 0.105. The van der Waals surface area contributed by atoms with Gasteiger partial charge < -0.3 is 4.74 Å². The Kier molecular flexibility index (Phi) is 5.71. The van der Waals surface area contributed by atoms with Crippen LogP contribution in [0.15, 0.2) is 59.4 Å². The average molecular weight is 389 g/mol. The molecule has 2 aromatic carbocycles. The van der Waals surface area contributed by atoms with Crippen LogP contribution in [-0.4, -0.2) is 22.6 Å². The number of ketones is 1.